The van der Waals surface area contributed by atoms with Crippen LogP contribution in [-0.4, -0.2) is 28.5 Å². The maximum absolute atomic E-state index is 11.8. The highest BCUT2D eigenvalue weighted by Crippen LogP contribution is 2.09. The van der Waals surface area contributed by atoms with Crippen molar-refractivity contribution in [3.63, 3.8) is 0 Å². The Bertz CT molecular complexity index is 339. The third kappa shape index (κ3) is 2.21. The first-order valence-electron chi connectivity index (χ1n) is 5.43. The molecule has 1 aromatic rings. The topological polar surface area (TPSA) is 51.3 Å². The van der Waals surface area contributed by atoms with E-state index in [1.807, 2.05) is 27.8 Å². The van der Waals surface area contributed by atoms with Gasteiger partial charge in [0.1, 0.15) is 6.54 Å². The van der Waals surface area contributed by atoms with Gasteiger partial charge in [-0.25, -0.2) is 0 Å². The van der Waals surface area contributed by atoms with Crippen molar-refractivity contribution in [2.75, 3.05) is 13.1 Å². The second-order valence-corrected chi connectivity index (χ2v) is 3.92. The van der Waals surface area contributed by atoms with E-state index in [0.717, 1.165) is 31.6 Å². The molecule has 2 rings (SSSR count). The van der Waals surface area contributed by atoms with Gasteiger partial charge >= 0.3 is 0 Å². The minimum Gasteiger partial charge on any atom is -0.341 e. The largest absolute Gasteiger partial charge is 0.341 e. The van der Waals surface area contributed by atoms with Crippen LogP contribution in [-0.2, 0) is 17.9 Å². The van der Waals surface area contributed by atoms with Gasteiger partial charge in [0.15, 0.2) is 0 Å². The average molecular weight is 207 g/mol. The van der Waals surface area contributed by atoms with Gasteiger partial charge in [-0.1, -0.05) is 0 Å². The first-order valence-corrected chi connectivity index (χ1v) is 5.43. The van der Waals surface area contributed by atoms with Crippen LogP contribution in [0.15, 0.2) is 18.3 Å². The molecule has 2 N–H and O–H groups in total. The van der Waals surface area contributed by atoms with Gasteiger partial charge in [0.2, 0.25) is 5.91 Å². The normalized spacial score (nSPS) is 15.9. The molecule has 0 saturated carbocycles. The monoisotopic (exact) mass is 207 g/mol. The summed E-state index contributed by atoms with van der Waals surface area (Å²) in [6.07, 6.45) is 4.19. The highest BCUT2D eigenvalue weighted by molar-refractivity contribution is 5.76. The number of rotatable bonds is 3. The Morgan fingerprint density at radius 3 is 2.80 bits per heavy atom. The molecule has 4 nitrogen and oxygen atoms in total. The summed E-state index contributed by atoms with van der Waals surface area (Å²) in [7, 11) is 0. The van der Waals surface area contributed by atoms with Crippen LogP contribution in [0.2, 0.25) is 0 Å². The zero-order valence-corrected chi connectivity index (χ0v) is 8.85. The number of aromatic nitrogens is 1. The van der Waals surface area contributed by atoms with E-state index in [1.165, 1.54) is 0 Å². The van der Waals surface area contributed by atoms with Gasteiger partial charge in [-0.05, 0) is 25.0 Å². The molecule has 0 aliphatic carbocycles. The lowest BCUT2D eigenvalue weighted by atomic mass is 10.4. The van der Waals surface area contributed by atoms with Crippen LogP contribution in [0.4, 0.5) is 0 Å². The molecule has 0 aromatic carbocycles. The molecule has 82 valence electrons. The molecule has 1 amide bonds. The second kappa shape index (κ2) is 4.49. The van der Waals surface area contributed by atoms with Gasteiger partial charge in [-0.15, -0.1) is 0 Å². The molecule has 2 heterocycles. The van der Waals surface area contributed by atoms with E-state index in [-0.39, 0.29) is 5.91 Å². The van der Waals surface area contributed by atoms with Gasteiger partial charge in [0.05, 0.1) is 0 Å². The lowest BCUT2D eigenvalue weighted by Gasteiger charge is -2.16. The van der Waals surface area contributed by atoms with Crippen molar-refractivity contribution in [3.8, 4) is 0 Å². The van der Waals surface area contributed by atoms with Crippen LogP contribution in [0.25, 0.3) is 0 Å². The Morgan fingerprint density at radius 2 is 2.13 bits per heavy atom. The van der Waals surface area contributed by atoms with Gasteiger partial charge in [0.25, 0.3) is 0 Å². The van der Waals surface area contributed by atoms with Crippen molar-refractivity contribution >= 4 is 5.91 Å². The third-order valence-corrected chi connectivity index (χ3v) is 2.90. The van der Waals surface area contributed by atoms with Crippen molar-refractivity contribution < 1.29 is 4.79 Å². The van der Waals surface area contributed by atoms with Gasteiger partial charge in [-0.3, -0.25) is 4.79 Å². The molecule has 4 heteroatoms. The van der Waals surface area contributed by atoms with Crippen LogP contribution in [0.5, 0.6) is 0 Å². The zero-order chi connectivity index (χ0) is 10.7. The quantitative estimate of drug-likeness (QED) is 0.787. The number of nitrogens with zero attached hydrogens (tertiary/aromatic N) is 2. The first-order chi connectivity index (χ1) is 7.31. The number of carbonyl (C=O) groups is 1. The molecule has 0 unspecified atom stereocenters. The summed E-state index contributed by atoms with van der Waals surface area (Å²) in [5.41, 5.74) is 6.59. The zero-order valence-electron chi connectivity index (χ0n) is 8.85. The maximum atomic E-state index is 11.8. The van der Waals surface area contributed by atoms with Crippen molar-refractivity contribution in [3.05, 3.63) is 24.0 Å². The molecule has 1 aromatic heterocycles. The summed E-state index contributed by atoms with van der Waals surface area (Å²) < 4.78 is 1.93. The van der Waals surface area contributed by atoms with Crippen molar-refractivity contribution in [2.45, 2.75) is 25.9 Å². The number of amides is 1. The van der Waals surface area contributed by atoms with Crippen LogP contribution in [0.3, 0.4) is 0 Å². The summed E-state index contributed by atoms with van der Waals surface area (Å²) >= 11 is 0. The second-order valence-electron chi connectivity index (χ2n) is 3.92. The number of carbonyl (C=O) groups excluding carboxylic acids is 1. The fourth-order valence-electron chi connectivity index (χ4n) is 2.00. The lowest BCUT2D eigenvalue weighted by molar-refractivity contribution is -0.130. The highest BCUT2D eigenvalue weighted by Gasteiger charge is 2.18. The van der Waals surface area contributed by atoms with Crippen LogP contribution >= 0.6 is 0 Å². The number of hydrogen-bond acceptors (Lipinski definition) is 2. The Hall–Kier alpha value is -1.29. The summed E-state index contributed by atoms with van der Waals surface area (Å²) in [4.78, 5) is 13.8. The molecule has 0 spiro atoms. The standard InChI is InChI=1S/C11H17N3O/c12-8-10-4-3-7-14(10)9-11(15)13-5-1-2-6-13/h3-4,7H,1-2,5-6,8-9,12H2. The molecule has 1 fully saturated rings. The Labute approximate surface area is 89.7 Å². The van der Waals surface area contributed by atoms with E-state index in [1.54, 1.807) is 0 Å². The minimum atomic E-state index is 0.207. The number of likely N-dealkylation sites (tertiary alicyclic amines) is 1. The Kier molecular flexibility index (Phi) is 3.06. The van der Waals surface area contributed by atoms with E-state index < -0.39 is 0 Å². The predicted molar refractivity (Wildman–Crippen MR) is 58.1 cm³/mol. The average Bonchev–Trinajstić information content (AvgIpc) is 2.87. The van der Waals surface area contributed by atoms with Crippen LogP contribution in [0, 0.1) is 0 Å². The first kappa shape index (κ1) is 10.2. The summed E-state index contributed by atoms with van der Waals surface area (Å²) in [5, 5.41) is 0. The third-order valence-electron chi connectivity index (χ3n) is 2.90. The van der Waals surface area contributed by atoms with Gasteiger partial charge < -0.3 is 15.2 Å². The van der Waals surface area contributed by atoms with Crippen molar-refractivity contribution in [1.29, 1.82) is 0 Å². The molecule has 0 bridgehead atoms. The Balaban J connectivity index is 1.98. The van der Waals surface area contributed by atoms with E-state index in [4.69, 9.17) is 5.73 Å². The van der Waals surface area contributed by atoms with E-state index in [9.17, 15) is 4.79 Å². The van der Waals surface area contributed by atoms with Crippen molar-refractivity contribution in [1.82, 2.24) is 9.47 Å². The number of hydrogen-bond donors (Lipinski definition) is 1. The molecular formula is C11H17N3O. The Morgan fingerprint density at radius 1 is 1.40 bits per heavy atom. The molecule has 0 radical (unpaired) electrons. The molecular weight excluding hydrogens is 190 g/mol. The van der Waals surface area contributed by atoms with Gasteiger partial charge in [0, 0.05) is 31.5 Å². The minimum absolute atomic E-state index is 0.207. The van der Waals surface area contributed by atoms with E-state index in [2.05, 4.69) is 0 Å². The maximum Gasteiger partial charge on any atom is 0.242 e. The summed E-state index contributed by atoms with van der Waals surface area (Å²) in [6.45, 7) is 2.75. The highest BCUT2D eigenvalue weighted by atomic mass is 16.2. The lowest BCUT2D eigenvalue weighted by Crippen LogP contribution is -2.31. The fourth-order valence-corrected chi connectivity index (χ4v) is 2.00. The van der Waals surface area contributed by atoms with E-state index >= 15 is 0 Å². The van der Waals surface area contributed by atoms with Crippen molar-refractivity contribution in [2.24, 2.45) is 5.73 Å². The molecule has 0 atom stereocenters. The predicted octanol–water partition coefficient (Wildman–Crippen LogP) is 0.569. The molecule has 1 saturated heterocycles. The molecule has 1 aliphatic rings. The van der Waals surface area contributed by atoms with Gasteiger partial charge in [-0.2, -0.15) is 0 Å². The summed E-state index contributed by atoms with van der Waals surface area (Å²) in [5.74, 6) is 0.207. The molecule has 1 aliphatic heterocycles. The smallest absolute Gasteiger partial charge is 0.242 e. The van der Waals surface area contributed by atoms with Crippen LogP contribution < -0.4 is 5.73 Å². The fraction of sp³-hybridized carbons (Fsp3) is 0.545. The number of nitrogens with two attached hydrogens (primary N) is 1. The van der Waals surface area contributed by atoms with Crippen LogP contribution in [0.1, 0.15) is 18.5 Å². The molecule has 15 heavy (non-hydrogen) atoms. The SMILES string of the molecule is NCc1cccn1CC(=O)N1CCCC1. The summed E-state index contributed by atoms with van der Waals surface area (Å²) in [6, 6.07) is 3.89. The van der Waals surface area contributed by atoms with E-state index in [0.29, 0.717) is 13.1 Å².